The van der Waals surface area contributed by atoms with Gasteiger partial charge in [-0.1, -0.05) is 23.7 Å². The number of ether oxygens (including phenoxy) is 1. The molecule has 2 aromatic carbocycles. The zero-order chi connectivity index (χ0) is 19.3. The van der Waals surface area contributed by atoms with Gasteiger partial charge in [-0.25, -0.2) is 0 Å². The fourth-order valence-electron chi connectivity index (χ4n) is 2.55. The number of fused-ring (bicyclic) bond motifs is 1. The molecule has 0 bridgehead atoms. The van der Waals surface area contributed by atoms with Crippen LogP contribution in [0.2, 0.25) is 5.02 Å². The molecule has 6 nitrogen and oxygen atoms in total. The van der Waals surface area contributed by atoms with Crippen LogP contribution in [0.3, 0.4) is 0 Å². The molecule has 1 aliphatic heterocycles. The Bertz CT molecular complexity index is 792. The number of nitrogens with two attached hydrogens (primary N) is 1. The van der Waals surface area contributed by atoms with Gasteiger partial charge in [-0.15, -0.1) is 0 Å². The van der Waals surface area contributed by atoms with E-state index in [-0.39, 0.29) is 18.4 Å². The van der Waals surface area contributed by atoms with Crippen molar-refractivity contribution in [3.63, 3.8) is 0 Å². The number of hydrogen-bond donors (Lipinski definition) is 3. The zero-order valence-electron chi connectivity index (χ0n) is 14.0. The van der Waals surface area contributed by atoms with Crippen molar-refractivity contribution < 1.29 is 24.3 Å². The fraction of sp³-hybridized carbons (Fsp3) is 0.235. The van der Waals surface area contributed by atoms with E-state index in [1.165, 1.54) is 6.07 Å². The second-order valence-corrected chi connectivity index (χ2v) is 6.52. The second kappa shape index (κ2) is 9.39. The quantitative estimate of drug-likeness (QED) is 0.497. The minimum absolute atomic E-state index is 0.0876. The Hall–Kier alpha value is -1.58. The minimum atomic E-state index is -1.01. The highest BCUT2D eigenvalue weighted by molar-refractivity contribution is 9.10. The van der Waals surface area contributed by atoms with Crippen molar-refractivity contribution in [1.29, 1.82) is 0 Å². The third-order valence-electron chi connectivity index (χ3n) is 3.71. The first kappa shape index (κ1) is 20.7. The monoisotopic (exact) mass is 441 g/mol. The standard InChI is InChI=1S/C10H13BClNO3.C7H5BrO2/c1-2-15-7-4-3-6(12)9-8(5-13)16-11(14)10(7)9;8-7-5(4-9)2-1-3-6(7)10/h3-4,8,14H,2,5,13H2,1H3;1-4,10H. The maximum Gasteiger partial charge on any atom is 0.495 e. The largest absolute Gasteiger partial charge is 0.507 e. The lowest BCUT2D eigenvalue weighted by molar-refractivity contribution is 0.112. The van der Waals surface area contributed by atoms with Gasteiger partial charge in [0.2, 0.25) is 0 Å². The molecule has 0 radical (unpaired) electrons. The van der Waals surface area contributed by atoms with Crippen molar-refractivity contribution in [2.45, 2.75) is 13.0 Å². The molecule has 1 unspecified atom stereocenters. The number of benzene rings is 2. The van der Waals surface area contributed by atoms with Crippen molar-refractivity contribution in [3.05, 3.63) is 51.0 Å². The van der Waals surface area contributed by atoms with E-state index < -0.39 is 7.12 Å². The van der Waals surface area contributed by atoms with Crippen molar-refractivity contribution in [2.24, 2.45) is 5.73 Å². The molecule has 1 atom stereocenters. The summed E-state index contributed by atoms with van der Waals surface area (Å²) in [5, 5.41) is 19.4. The van der Waals surface area contributed by atoms with Gasteiger partial charge in [0.1, 0.15) is 11.5 Å². The van der Waals surface area contributed by atoms with E-state index >= 15 is 0 Å². The summed E-state index contributed by atoms with van der Waals surface area (Å²) >= 11 is 9.14. The molecule has 0 spiro atoms. The fourth-order valence-corrected chi connectivity index (χ4v) is 3.19. The normalized spacial score (nSPS) is 15.1. The van der Waals surface area contributed by atoms with E-state index in [1.54, 1.807) is 24.3 Å². The van der Waals surface area contributed by atoms with E-state index in [0.29, 0.717) is 39.2 Å². The van der Waals surface area contributed by atoms with Crippen molar-refractivity contribution in [2.75, 3.05) is 13.2 Å². The number of phenolic OH excluding ortho intramolecular Hbond substituents is 1. The summed E-state index contributed by atoms with van der Waals surface area (Å²) in [6.45, 7) is 2.68. The molecule has 9 heteroatoms. The van der Waals surface area contributed by atoms with Crippen LogP contribution in [-0.2, 0) is 4.65 Å². The Morgan fingerprint density at radius 3 is 2.73 bits per heavy atom. The van der Waals surface area contributed by atoms with Gasteiger partial charge in [-0.05, 0) is 41.1 Å². The Balaban J connectivity index is 0.000000209. The third kappa shape index (κ3) is 4.39. The first-order valence-corrected chi connectivity index (χ1v) is 9.02. The number of carbonyl (C=O) groups excluding carboxylic acids is 1. The summed E-state index contributed by atoms with van der Waals surface area (Å²) in [7, 11) is -1.01. The van der Waals surface area contributed by atoms with Gasteiger partial charge in [-0.2, -0.15) is 0 Å². The number of halogens is 2. The third-order valence-corrected chi connectivity index (χ3v) is 4.90. The molecule has 26 heavy (non-hydrogen) atoms. The van der Waals surface area contributed by atoms with E-state index in [0.717, 1.165) is 5.56 Å². The number of carbonyl (C=O) groups is 1. The van der Waals surface area contributed by atoms with Gasteiger partial charge >= 0.3 is 7.12 Å². The van der Waals surface area contributed by atoms with Crippen molar-refractivity contribution in [1.82, 2.24) is 0 Å². The molecule has 1 aliphatic rings. The lowest BCUT2D eigenvalue weighted by atomic mass is 9.78. The van der Waals surface area contributed by atoms with E-state index in [4.69, 9.17) is 31.8 Å². The molecule has 1 heterocycles. The predicted octanol–water partition coefficient (Wildman–Crippen LogP) is 2.42. The molecule has 138 valence electrons. The minimum Gasteiger partial charge on any atom is -0.507 e. The van der Waals surface area contributed by atoms with E-state index in [9.17, 15) is 9.82 Å². The predicted molar refractivity (Wildman–Crippen MR) is 104 cm³/mol. The van der Waals surface area contributed by atoms with Gasteiger partial charge in [0, 0.05) is 28.2 Å². The Morgan fingerprint density at radius 1 is 1.42 bits per heavy atom. The summed E-state index contributed by atoms with van der Waals surface area (Å²) in [4.78, 5) is 10.2. The number of hydrogen-bond acceptors (Lipinski definition) is 6. The van der Waals surface area contributed by atoms with Crippen molar-refractivity contribution >= 4 is 46.4 Å². The van der Waals surface area contributed by atoms with E-state index in [1.807, 2.05) is 6.92 Å². The zero-order valence-corrected chi connectivity index (χ0v) is 16.3. The topological polar surface area (TPSA) is 102 Å². The Morgan fingerprint density at radius 2 is 2.15 bits per heavy atom. The summed E-state index contributed by atoms with van der Waals surface area (Å²) in [6.07, 6.45) is 0.321. The van der Waals surface area contributed by atoms with Crippen LogP contribution in [0.1, 0.15) is 28.9 Å². The molecule has 0 saturated carbocycles. The maximum absolute atomic E-state index is 10.2. The maximum atomic E-state index is 10.2. The van der Waals surface area contributed by atoms with Gasteiger partial charge in [0.15, 0.2) is 6.29 Å². The lowest BCUT2D eigenvalue weighted by Gasteiger charge is -2.12. The van der Waals surface area contributed by atoms with Crippen LogP contribution in [0.4, 0.5) is 0 Å². The van der Waals surface area contributed by atoms with Crippen LogP contribution >= 0.6 is 27.5 Å². The molecule has 4 N–H and O–H groups in total. The van der Waals surface area contributed by atoms with Gasteiger partial charge < -0.3 is 25.3 Å². The molecule has 0 aromatic heterocycles. The second-order valence-electron chi connectivity index (χ2n) is 5.32. The SMILES string of the molecule is CCOc1ccc(Cl)c2c1B(O)OC2CN.O=Cc1cccc(O)c1Br. The Kier molecular flexibility index (Phi) is 7.49. The number of phenols is 1. The summed E-state index contributed by atoms with van der Waals surface area (Å²) in [5.41, 5.74) is 7.37. The molecule has 0 fully saturated rings. The molecule has 2 aromatic rings. The molecule has 3 rings (SSSR count). The molecular weight excluding hydrogens is 424 g/mol. The van der Waals surface area contributed by atoms with Crippen LogP contribution < -0.4 is 15.9 Å². The molecular formula is C17H18BBrClNO5. The highest BCUT2D eigenvalue weighted by Crippen LogP contribution is 2.32. The molecule has 0 saturated heterocycles. The van der Waals surface area contributed by atoms with E-state index in [2.05, 4.69) is 15.9 Å². The average Bonchev–Trinajstić information content (AvgIpc) is 2.98. The van der Waals surface area contributed by atoms with Crippen molar-refractivity contribution in [3.8, 4) is 11.5 Å². The highest BCUT2D eigenvalue weighted by Gasteiger charge is 2.38. The Labute approximate surface area is 165 Å². The first-order valence-electron chi connectivity index (χ1n) is 7.85. The average molecular weight is 443 g/mol. The van der Waals surface area contributed by atoms with Crippen LogP contribution in [0, 0.1) is 0 Å². The van der Waals surface area contributed by atoms with Gasteiger partial charge in [0.25, 0.3) is 0 Å². The lowest BCUT2D eigenvalue weighted by Crippen LogP contribution is -2.30. The van der Waals surface area contributed by atoms with Crippen LogP contribution in [0.15, 0.2) is 34.8 Å². The summed E-state index contributed by atoms with van der Waals surface area (Å²) in [6, 6.07) is 8.21. The van der Waals surface area contributed by atoms with Crippen LogP contribution in [0.25, 0.3) is 0 Å². The molecule has 0 amide bonds. The number of aromatic hydroxyl groups is 1. The summed E-state index contributed by atoms with van der Waals surface area (Å²) in [5.74, 6) is 0.690. The number of rotatable bonds is 4. The first-order chi connectivity index (χ1) is 12.4. The smallest absolute Gasteiger partial charge is 0.495 e. The molecule has 0 aliphatic carbocycles. The van der Waals surface area contributed by atoms with Gasteiger partial charge in [-0.3, -0.25) is 4.79 Å². The summed E-state index contributed by atoms with van der Waals surface area (Å²) < 4.78 is 11.2. The van der Waals surface area contributed by atoms with Crippen LogP contribution in [0.5, 0.6) is 11.5 Å². The van der Waals surface area contributed by atoms with Crippen LogP contribution in [-0.4, -0.2) is 36.7 Å². The van der Waals surface area contributed by atoms with Gasteiger partial charge in [0.05, 0.1) is 17.2 Å². The highest BCUT2D eigenvalue weighted by atomic mass is 79.9. The number of aldehydes is 1.